The van der Waals surface area contributed by atoms with Gasteiger partial charge >= 0.3 is 0 Å². The van der Waals surface area contributed by atoms with Crippen LogP contribution >= 0.6 is 0 Å². The highest BCUT2D eigenvalue weighted by Gasteiger charge is 2.29. The van der Waals surface area contributed by atoms with E-state index >= 15 is 0 Å². The fraction of sp³-hybridized carbons (Fsp3) is 0.588. The predicted octanol–water partition coefficient (Wildman–Crippen LogP) is 1.78. The molecule has 2 aliphatic rings. The average molecular weight is 313 g/mol. The average Bonchev–Trinajstić information content (AvgIpc) is 3.31. The summed E-state index contributed by atoms with van der Waals surface area (Å²) in [5.74, 6) is 1.93. The van der Waals surface area contributed by atoms with Gasteiger partial charge in [-0.05, 0) is 44.6 Å². The van der Waals surface area contributed by atoms with Gasteiger partial charge in [0.05, 0.1) is 11.6 Å². The van der Waals surface area contributed by atoms with E-state index in [0.29, 0.717) is 0 Å². The second kappa shape index (κ2) is 5.83. The molecular formula is C17H23N5O. The van der Waals surface area contributed by atoms with Gasteiger partial charge in [-0.2, -0.15) is 5.10 Å². The van der Waals surface area contributed by atoms with Crippen LogP contribution in [0.15, 0.2) is 18.5 Å². The van der Waals surface area contributed by atoms with Crippen LogP contribution in [0.1, 0.15) is 31.4 Å². The summed E-state index contributed by atoms with van der Waals surface area (Å²) in [6, 6.07) is 2.05. The molecule has 1 aliphatic heterocycles. The lowest BCUT2D eigenvalue weighted by atomic mass is 9.97. The van der Waals surface area contributed by atoms with Crippen molar-refractivity contribution in [1.82, 2.24) is 19.9 Å². The lowest BCUT2D eigenvalue weighted by Gasteiger charge is -2.33. The molecule has 2 fully saturated rings. The first kappa shape index (κ1) is 14.5. The van der Waals surface area contributed by atoms with Crippen LogP contribution in [0.4, 0.5) is 5.82 Å². The molecule has 0 aromatic carbocycles. The summed E-state index contributed by atoms with van der Waals surface area (Å²) in [6.07, 6.45) is 8.18. The maximum Gasteiger partial charge on any atom is 0.224 e. The van der Waals surface area contributed by atoms with E-state index in [1.807, 2.05) is 17.6 Å². The molecule has 1 saturated heterocycles. The van der Waals surface area contributed by atoms with Crippen LogP contribution in [0.3, 0.4) is 0 Å². The highest BCUT2D eigenvalue weighted by Crippen LogP contribution is 2.28. The van der Waals surface area contributed by atoms with Crippen LogP contribution in [0, 0.1) is 18.8 Å². The number of nitrogens with one attached hydrogen (secondary N) is 1. The molecule has 122 valence electrons. The van der Waals surface area contributed by atoms with Gasteiger partial charge in [0.1, 0.15) is 5.52 Å². The summed E-state index contributed by atoms with van der Waals surface area (Å²) < 4.78 is 1.87. The SMILES string of the molecule is Cc1cc2c(N3CCCC(C(=O)NCC4CC4)C3)nccn2n1. The fourth-order valence-electron chi connectivity index (χ4n) is 3.37. The topological polar surface area (TPSA) is 62.5 Å². The van der Waals surface area contributed by atoms with Crippen molar-refractivity contribution < 1.29 is 4.79 Å². The second-order valence-corrected chi connectivity index (χ2v) is 6.84. The molecule has 1 N–H and O–H groups in total. The van der Waals surface area contributed by atoms with Crippen molar-refractivity contribution in [2.24, 2.45) is 11.8 Å². The number of hydrogen-bond acceptors (Lipinski definition) is 4. The van der Waals surface area contributed by atoms with Crippen molar-refractivity contribution in [2.45, 2.75) is 32.6 Å². The van der Waals surface area contributed by atoms with E-state index < -0.39 is 0 Å². The highest BCUT2D eigenvalue weighted by atomic mass is 16.1. The minimum absolute atomic E-state index is 0.0635. The number of rotatable bonds is 4. The molecule has 1 atom stereocenters. The molecule has 0 radical (unpaired) electrons. The Morgan fingerprint density at radius 2 is 2.26 bits per heavy atom. The summed E-state index contributed by atoms with van der Waals surface area (Å²) in [5.41, 5.74) is 2.00. The summed E-state index contributed by atoms with van der Waals surface area (Å²) in [5, 5.41) is 7.57. The van der Waals surface area contributed by atoms with E-state index in [0.717, 1.165) is 55.4 Å². The Morgan fingerprint density at radius 1 is 1.39 bits per heavy atom. The largest absolute Gasteiger partial charge is 0.356 e. The van der Waals surface area contributed by atoms with E-state index in [2.05, 4.69) is 26.4 Å². The molecular weight excluding hydrogens is 290 g/mol. The van der Waals surface area contributed by atoms with E-state index in [-0.39, 0.29) is 11.8 Å². The molecule has 2 aromatic heterocycles. The number of nitrogens with zero attached hydrogens (tertiary/aromatic N) is 4. The van der Waals surface area contributed by atoms with Gasteiger partial charge in [0, 0.05) is 32.0 Å². The molecule has 1 saturated carbocycles. The molecule has 6 nitrogen and oxygen atoms in total. The van der Waals surface area contributed by atoms with Crippen LogP contribution in [0.2, 0.25) is 0 Å². The molecule has 1 amide bonds. The van der Waals surface area contributed by atoms with Gasteiger partial charge in [-0.3, -0.25) is 4.79 Å². The number of hydrogen-bond donors (Lipinski definition) is 1. The Balaban J connectivity index is 1.50. The number of piperidine rings is 1. The molecule has 0 spiro atoms. The third kappa shape index (κ3) is 3.02. The Hall–Kier alpha value is -2.11. The molecule has 3 heterocycles. The standard InChI is InChI=1S/C17H23N5O/c1-12-9-15-16(18-6-8-22(15)20-12)21-7-2-3-14(11-21)17(23)19-10-13-4-5-13/h6,8-9,13-14H,2-5,7,10-11H2,1H3,(H,19,23). The van der Waals surface area contributed by atoms with E-state index in [1.54, 1.807) is 6.20 Å². The minimum Gasteiger partial charge on any atom is -0.356 e. The van der Waals surface area contributed by atoms with Gasteiger partial charge < -0.3 is 10.2 Å². The maximum absolute atomic E-state index is 12.4. The van der Waals surface area contributed by atoms with Gasteiger partial charge in [-0.1, -0.05) is 0 Å². The maximum atomic E-state index is 12.4. The van der Waals surface area contributed by atoms with Crippen LogP contribution in [0.25, 0.3) is 5.52 Å². The predicted molar refractivity (Wildman–Crippen MR) is 88.4 cm³/mol. The zero-order valence-corrected chi connectivity index (χ0v) is 13.5. The first-order valence-electron chi connectivity index (χ1n) is 8.54. The third-order valence-corrected chi connectivity index (χ3v) is 4.85. The van der Waals surface area contributed by atoms with Gasteiger partial charge in [0.2, 0.25) is 5.91 Å². The molecule has 6 heteroatoms. The second-order valence-electron chi connectivity index (χ2n) is 6.84. The van der Waals surface area contributed by atoms with Gasteiger partial charge in [0.15, 0.2) is 5.82 Å². The summed E-state index contributed by atoms with van der Waals surface area (Å²) >= 11 is 0. The van der Waals surface area contributed by atoms with E-state index in [1.165, 1.54) is 12.8 Å². The normalized spacial score (nSPS) is 21.6. The molecule has 4 rings (SSSR count). The number of aromatic nitrogens is 3. The lowest BCUT2D eigenvalue weighted by Crippen LogP contribution is -2.44. The number of carbonyl (C=O) groups is 1. The zero-order valence-electron chi connectivity index (χ0n) is 13.5. The van der Waals surface area contributed by atoms with Crippen LogP contribution in [0.5, 0.6) is 0 Å². The fourth-order valence-corrected chi connectivity index (χ4v) is 3.37. The molecule has 23 heavy (non-hydrogen) atoms. The number of anilines is 1. The van der Waals surface area contributed by atoms with Crippen LogP contribution in [-0.4, -0.2) is 40.1 Å². The summed E-state index contributed by atoms with van der Waals surface area (Å²) in [6.45, 7) is 4.53. The Kier molecular flexibility index (Phi) is 3.67. The highest BCUT2D eigenvalue weighted by molar-refractivity contribution is 5.80. The first-order chi connectivity index (χ1) is 11.2. The van der Waals surface area contributed by atoms with Gasteiger partial charge in [0.25, 0.3) is 0 Å². The minimum atomic E-state index is 0.0635. The first-order valence-corrected chi connectivity index (χ1v) is 8.54. The smallest absolute Gasteiger partial charge is 0.224 e. The van der Waals surface area contributed by atoms with Gasteiger partial charge in [-0.25, -0.2) is 9.50 Å². The monoisotopic (exact) mass is 313 g/mol. The summed E-state index contributed by atoms with van der Waals surface area (Å²) in [4.78, 5) is 19.2. The van der Waals surface area contributed by atoms with Gasteiger partial charge in [-0.15, -0.1) is 0 Å². The Morgan fingerprint density at radius 3 is 3.09 bits per heavy atom. The number of fused-ring (bicyclic) bond motifs is 1. The van der Waals surface area contributed by atoms with Crippen molar-refractivity contribution in [2.75, 3.05) is 24.5 Å². The van der Waals surface area contributed by atoms with Crippen molar-refractivity contribution >= 4 is 17.2 Å². The Labute approximate surface area is 135 Å². The van der Waals surface area contributed by atoms with E-state index in [9.17, 15) is 4.79 Å². The number of aryl methyl sites for hydroxylation is 1. The van der Waals surface area contributed by atoms with Crippen LogP contribution < -0.4 is 10.2 Å². The Bertz CT molecular complexity index is 721. The number of carbonyl (C=O) groups excluding carboxylic acids is 1. The molecule has 0 bridgehead atoms. The number of amides is 1. The molecule has 1 aliphatic carbocycles. The van der Waals surface area contributed by atoms with E-state index in [4.69, 9.17) is 0 Å². The van der Waals surface area contributed by atoms with Crippen molar-refractivity contribution in [3.63, 3.8) is 0 Å². The summed E-state index contributed by atoms with van der Waals surface area (Å²) in [7, 11) is 0. The van der Waals surface area contributed by atoms with Crippen molar-refractivity contribution in [3.05, 3.63) is 24.2 Å². The molecule has 1 unspecified atom stereocenters. The van der Waals surface area contributed by atoms with Crippen molar-refractivity contribution in [1.29, 1.82) is 0 Å². The van der Waals surface area contributed by atoms with Crippen LogP contribution in [-0.2, 0) is 4.79 Å². The quantitative estimate of drug-likeness (QED) is 0.934. The third-order valence-electron chi connectivity index (χ3n) is 4.85. The van der Waals surface area contributed by atoms with Crippen molar-refractivity contribution in [3.8, 4) is 0 Å². The zero-order chi connectivity index (χ0) is 15.8. The molecule has 2 aromatic rings. The lowest BCUT2D eigenvalue weighted by molar-refractivity contribution is -0.125.